The van der Waals surface area contributed by atoms with E-state index in [1.54, 1.807) is 0 Å². The monoisotopic (exact) mass is 81.1 g/mol. The van der Waals surface area contributed by atoms with Crippen molar-refractivity contribution in [1.82, 2.24) is 0 Å². The van der Waals surface area contributed by atoms with Gasteiger partial charge in [-0.05, 0) is 7.05 Å². The van der Waals surface area contributed by atoms with Gasteiger partial charge < -0.3 is 5.73 Å². The van der Waals surface area contributed by atoms with Crippen LogP contribution in [-0.2, 0) is 0 Å². The van der Waals surface area contributed by atoms with Crippen LogP contribution >= 0.6 is 12.4 Å². The van der Waals surface area contributed by atoms with Gasteiger partial charge in [0, 0.05) is 0 Å². The molecule has 0 radical (unpaired) electrons. The number of hydrogen-bond donors (Lipinski definition) is 1. The first-order valence-corrected chi connectivity index (χ1v) is 0.577. The highest BCUT2D eigenvalue weighted by molar-refractivity contribution is 5.85. The van der Waals surface area contributed by atoms with Crippen LogP contribution in [0.3, 0.4) is 0 Å². The van der Waals surface area contributed by atoms with Crippen molar-refractivity contribution in [3.63, 3.8) is 0 Å². The fourth-order valence-corrected chi connectivity index (χ4v) is 0. The largest absolute Gasteiger partial charge is 0.333 e. The second-order valence-corrected chi connectivity index (χ2v) is 0. The van der Waals surface area contributed by atoms with Gasteiger partial charge in [-0.3, -0.25) is 0 Å². The van der Waals surface area contributed by atoms with Crippen molar-refractivity contribution in [3.05, 3.63) is 0 Å². The van der Waals surface area contributed by atoms with E-state index in [0.29, 0.717) is 0 Å². The summed E-state index contributed by atoms with van der Waals surface area (Å²) in [6.07, 6.45) is 0. The van der Waals surface area contributed by atoms with Crippen LogP contribution in [0.25, 0.3) is 0 Å². The Morgan fingerprint density at radius 3 is 1.25 bits per heavy atom. The van der Waals surface area contributed by atoms with E-state index in [9.17, 15) is 0 Å². The number of halogens is 1. The standard InChI is InChI=1S/CH5N.BH3.ClH/c1-2;;/h2H2,1H3;1H3;1H. The van der Waals surface area contributed by atoms with Gasteiger partial charge >= 0.3 is 0 Å². The Kier molecular flexibility index (Phi) is 1230. The van der Waals surface area contributed by atoms with Gasteiger partial charge in [0.05, 0.1) is 8.41 Å². The summed E-state index contributed by atoms with van der Waals surface area (Å²) >= 11 is 0. The highest BCUT2D eigenvalue weighted by Gasteiger charge is 0.836. The number of rotatable bonds is 0. The van der Waals surface area contributed by atoms with Gasteiger partial charge in [-0.2, -0.15) is 0 Å². The molecule has 0 aromatic carbocycles. The average molecular weight is 81.4 g/mol. The molecule has 0 aliphatic heterocycles. The molecule has 0 atom stereocenters. The maximum atomic E-state index is 4.50. The minimum Gasteiger partial charge on any atom is -0.333 e. The van der Waals surface area contributed by atoms with E-state index in [1.165, 1.54) is 7.05 Å². The van der Waals surface area contributed by atoms with E-state index >= 15 is 0 Å². The van der Waals surface area contributed by atoms with Gasteiger partial charge in [0.1, 0.15) is 0 Å². The lowest BCUT2D eigenvalue weighted by molar-refractivity contribution is 1.48. The van der Waals surface area contributed by atoms with Crippen molar-refractivity contribution in [1.29, 1.82) is 0 Å². The van der Waals surface area contributed by atoms with Crippen molar-refractivity contribution in [2.24, 2.45) is 5.73 Å². The van der Waals surface area contributed by atoms with Crippen LogP contribution in [0.4, 0.5) is 0 Å². The van der Waals surface area contributed by atoms with E-state index in [-0.39, 0.29) is 20.8 Å². The van der Waals surface area contributed by atoms with E-state index in [1.807, 2.05) is 0 Å². The van der Waals surface area contributed by atoms with Gasteiger partial charge in [0.15, 0.2) is 0 Å². The van der Waals surface area contributed by atoms with Crippen LogP contribution in [0.5, 0.6) is 0 Å². The molecule has 4 heavy (non-hydrogen) atoms. The average Bonchev–Trinajstić information content (AvgIpc) is 1.00. The second-order valence-electron chi connectivity index (χ2n) is 0. The molecule has 3 heteroatoms. The van der Waals surface area contributed by atoms with Gasteiger partial charge in [-0.15, -0.1) is 12.4 Å². The fourth-order valence-electron chi connectivity index (χ4n) is 0. The lowest BCUT2D eigenvalue weighted by Crippen LogP contribution is -1.69. The molecule has 0 aromatic heterocycles. The molecular formula is CH9BClN. The Hall–Kier alpha value is 0.315. The predicted octanol–water partition coefficient (Wildman–Crippen LogP) is -1.19. The smallest absolute Gasteiger partial charge is 0.0814 e. The van der Waals surface area contributed by atoms with Crippen molar-refractivity contribution in [2.45, 2.75) is 0 Å². The molecule has 0 unspecified atom stereocenters. The molecule has 0 rings (SSSR count). The Morgan fingerprint density at radius 2 is 1.25 bits per heavy atom. The van der Waals surface area contributed by atoms with Crippen LogP contribution in [0.15, 0.2) is 0 Å². The third kappa shape index (κ3) is 40.4. The normalized spacial score (nSPS) is 1.50. The third-order valence-electron chi connectivity index (χ3n) is 0. The van der Waals surface area contributed by atoms with E-state index in [0.717, 1.165) is 0 Å². The summed E-state index contributed by atoms with van der Waals surface area (Å²) in [6.45, 7) is 0. The summed E-state index contributed by atoms with van der Waals surface area (Å²) in [7, 11) is 1.50. The van der Waals surface area contributed by atoms with Crippen molar-refractivity contribution in [3.8, 4) is 0 Å². The first-order chi connectivity index (χ1) is 1.00. The second kappa shape index (κ2) is 179. The van der Waals surface area contributed by atoms with Crippen molar-refractivity contribution in [2.75, 3.05) is 7.05 Å². The summed E-state index contributed by atoms with van der Waals surface area (Å²) in [4.78, 5) is 0. The summed E-state index contributed by atoms with van der Waals surface area (Å²) in [5.41, 5.74) is 4.50. The lowest BCUT2D eigenvalue weighted by atomic mass is 10.8. The van der Waals surface area contributed by atoms with Crippen molar-refractivity contribution < 1.29 is 0 Å². The molecule has 0 aliphatic rings. The summed E-state index contributed by atoms with van der Waals surface area (Å²) < 4.78 is 0. The summed E-state index contributed by atoms with van der Waals surface area (Å²) in [5.74, 6) is 0. The van der Waals surface area contributed by atoms with Gasteiger partial charge in [0.2, 0.25) is 0 Å². The Labute approximate surface area is 34.6 Å². The van der Waals surface area contributed by atoms with E-state index < -0.39 is 0 Å². The molecule has 1 nitrogen and oxygen atoms in total. The van der Waals surface area contributed by atoms with Crippen LogP contribution in [-0.4, -0.2) is 15.5 Å². The highest BCUT2D eigenvalue weighted by Crippen LogP contribution is 0.690. The van der Waals surface area contributed by atoms with Gasteiger partial charge in [-0.25, -0.2) is 0 Å². The number of hydrogen-bond acceptors (Lipinski definition) is 1. The topological polar surface area (TPSA) is 26.0 Å². The molecule has 2 N–H and O–H groups in total. The first kappa shape index (κ1) is 27.4. The summed E-state index contributed by atoms with van der Waals surface area (Å²) in [5, 5.41) is 0. The predicted molar refractivity (Wildman–Crippen MR) is 27.3 cm³/mol. The van der Waals surface area contributed by atoms with Crippen LogP contribution in [0.1, 0.15) is 0 Å². The zero-order valence-corrected chi connectivity index (χ0v) is 2.80. The zero-order valence-electron chi connectivity index (χ0n) is 1.99. The van der Waals surface area contributed by atoms with Gasteiger partial charge in [0.25, 0.3) is 0 Å². The zero-order chi connectivity index (χ0) is 2.00. The Balaban J connectivity index is -0.00000000500. The molecule has 0 heterocycles. The third-order valence-corrected chi connectivity index (χ3v) is 0. The molecule has 28 valence electrons. The summed E-state index contributed by atoms with van der Waals surface area (Å²) in [6, 6.07) is 0. The molecule has 0 amide bonds. The molecule has 0 saturated carbocycles. The highest BCUT2D eigenvalue weighted by atomic mass is 35.5. The Morgan fingerprint density at radius 1 is 1.25 bits per heavy atom. The van der Waals surface area contributed by atoms with Crippen LogP contribution < -0.4 is 5.73 Å². The fraction of sp³-hybridized carbons (Fsp3) is 1.00. The van der Waals surface area contributed by atoms with Gasteiger partial charge in [-0.1, -0.05) is 0 Å². The van der Waals surface area contributed by atoms with E-state index in [2.05, 4.69) is 5.73 Å². The van der Waals surface area contributed by atoms with Crippen LogP contribution in [0, 0.1) is 0 Å². The maximum Gasteiger partial charge on any atom is 0.0814 e. The molecule has 0 spiro atoms. The Bertz CT molecular complexity index is 8.00. The minimum absolute atomic E-state index is 0. The quantitative estimate of drug-likeness (QED) is 0.365. The molecule has 0 bridgehead atoms. The van der Waals surface area contributed by atoms with Crippen molar-refractivity contribution >= 4 is 20.8 Å². The minimum atomic E-state index is 0. The SMILES string of the molecule is B.CN.Cl. The first-order valence-electron chi connectivity index (χ1n) is 0.577. The molecule has 0 aromatic rings. The molecule has 0 saturated heterocycles. The molecular weight excluding hydrogens is 72.3 g/mol. The molecule has 0 fully saturated rings. The van der Waals surface area contributed by atoms with Crippen LogP contribution in [0.2, 0.25) is 0 Å². The maximum absolute atomic E-state index is 4.50. The number of nitrogens with two attached hydrogens (primary N) is 1. The molecule has 0 aliphatic carbocycles. The van der Waals surface area contributed by atoms with E-state index in [4.69, 9.17) is 0 Å². The lowest BCUT2D eigenvalue weighted by Gasteiger charge is -1.19.